The fraction of sp³-hybridized carbons (Fsp3) is 0.611. The topological polar surface area (TPSA) is 98.4 Å². The van der Waals surface area contributed by atoms with Crippen molar-refractivity contribution in [3.05, 3.63) is 34.7 Å². The Bertz CT molecular complexity index is 891. The van der Waals surface area contributed by atoms with E-state index in [0.717, 1.165) is 24.1 Å². The highest BCUT2D eigenvalue weighted by Crippen LogP contribution is 2.32. The zero-order valence-corrected chi connectivity index (χ0v) is 17.0. The molecule has 1 saturated heterocycles. The molecule has 0 bridgehead atoms. The Kier molecular flexibility index (Phi) is 5.92. The molecular weight excluding hydrogens is 368 g/mol. The first-order chi connectivity index (χ1) is 12.8. The number of sulfonamides is 1. The number of ether oxygens (including phenoxy) is 1. The Morgan fingerprint density at radius 2 is 2.11 bits per heavy atom. The molecule has 1 unspecified atom stereocenters. The summed E-state index contributed by atoms with van der Waals surface area (Å²) in [5.41, 5.74) is 2.20. The van der Waals surface area contributed by atoms with Gasteiger partial charge in [-0.2, -0.15) is 4.31 Å². The van der Waals surface area contributed by atoms with Gasteiger partial charge in [0.05, 0.1) is 12.3 Å². The van der Waals surface area contributed by atoms with Gasteiger partial charge in [-0.1, -0.05) is 5.16 Å². The molecule has 0 saturated carbocycles. The molecule has 1 aliphatic rings. The van der Waals surface area contributed by atoms with E-state index in [1.807, 2.05) is 13.8 Å². The lowest BCUT2D eigenvalue weighted by molar-refractivity contribution is 0.132. The van der Waals surface area contributed by atoms with Crippen molar-refractivity contribution in [2.45, 2.75) is 58.0 Å². The number of aryl methyl sites for hydroxylation is 3. The lowest BCUT2D eigenvalue weighted by Gasteiger charge is -2.32. The van der Waals surface area contributed by atoms with Crippen molar-refractivity contribution in [1.29, 1.82) is 0 Å². The molecule has 148 valence electrons. The van der Waals surface area contributed by atoms with Gasteiger partial charge < -0.3 is 9.26 Å². The molecule has 0 radical (unpaired) electrons. The summed E-state index contributed by atoms with van der Waals surface area (Å²) in [7, 11) is -3.66. The van der Waals surface area contributed by atoms with Crippen LogP contribution in [0.4, 0.5) is 0 Å². The second-order valence-corrected chi connectivity index (χ2v) is 8.70. The van der Waals surface area contributed by atoms with Crippen LogP contribution in [0.2, 0.25) is 0 Å². The monoisotopic (exact) mass is 394 g/mol. The minimum Gasteiger partial charge on any atom is -0.377 e. The second kappa shape index (κ2) is 8.04. The Morgan fingerprint density at radius 3 is 2.78 bits per heavy atom. The van der Waals surface area contributed by atoms with Gasteiger partial charge in [0, 0.05) is 37.4 Å². The highest BCUT2D eigenvalue weighted by molar-refractivity contribution is 7.89. The summed E-state index contributed by atoms with van der Waals surface area (Å²) in [6, 6.07) is 0. The lowest BCUT2D eigenvalue weighted by Crippen LogP contribution is -2.40. The van der Waals surface area contributed by atoms with E-state index in [-0.39, 0.29) is 10.8 Å². The molecule has 3 heterocycles. The van der Waals surface area contributed by atoms with Gasteiger partial charge in [0.25, 0.3) is 0 Å². The minimum atomic E-state index is -3.66. The predicted octanol–water partition coefficient (Wildman–Crippen LogP) is 2.49. The molecule has 9 heteroatoms. The smallest absolute Gasteiger partial charge is 0.248 e. The normalized spacial score (nSPS) is 18.7. The van der Waals surface area contributed by atoms with Crippen LogP contribution >= 0.6 is 0 Å². The first kappa shape index (κ1) is 19.9. The zero-order chi connectivity index (χ0) is 19.6. The molecular formula is C18H26N4O4S. The van der Waals surface area contributed by atoms with Crippen LogP contribution in [0.25, 0.3) is 0 Å². The minimum absolute atomic E-state index is 0.00570. The van der Waals surface area contributed by atoms with E-state index in [9.17, 15) is 8.42 Å². The Hall–Kier alpha value is -1.84. The van der Waals surface area contributed by atoms with Crippen molar-refractivity contribution >= 4 is 10.0 Å². The van der Waals surface area contributed by atoms with Gasteiger partial charge in [0.1, 0.15) is 16.4 Å². The molecule has 1 aliphatic heterocycles. The van der Waals surface area contributed by atoms with Crippen molar-refractivity contribution in [2.75, 3.05) is 19.7 Å². The summed E-state index contributed by atoms with van der Waals surface area (Å²) >= 11 is 0. The standard InChI is InChI=1S/C18H26N4O4S/c1-5-25-11-16-9-19-14(4)20-17(16)15-7-6-8-22(10-15)27(23,24)18-12(2)21-26-13(18)3/h9,15H,5-8,10-11H2,1-4H3. The number of piperidine rings is 1. The number of nitrogens with zero attached hydrogens (tertiary/aromatic N) is 4. The third kappa shape index (κ3) is 4.04. The zero-order valence-electron chi connectivity index (χ0n) is 16.2. The van der Waals surface area contributed by atoms with Crippen LogP contribution in [-0.4, -0.2) is 47.5 Å². The van der Waals surface area contributed by atoms with Gasteiger partial charge in [-0.25, -0.2) is 18.4 Å². The molecule has 0 aliphatic carbocycles. The lowest BCUT2D eigenvalue weighted by atomic mass is 9.93. The third-order valence-electron chi connectivity index (χ3n) is 4.82. The summed E-state index contributed by atoms with van der Waals surface area (Å²) in [6.07, 6.45) is 3.43. The van der Waals surface area contributed by atoms with Gasteiger partial charge in [0.2, 0.25) is 10.0 Å². The van der Waals surface area contributed by atoms with Crippen LogP contribution in [-0.2, 0) is 21.4 Å². The molecule has 0 spiro atoms. The van der Waals surface area contributed by atoms with E-state index in [4.69, 9.17) is 9.26 Å². The molecule has 0 N–H and O–H groups in total. The fourth-order valence-corrected chi connectivity index (χ4v) is 5.36. The second-order valence-electron chi connectivity index (χ2n) is 6.82. The molecule has 0 amide bonds. The SMILES string of the molecule is CCOCc1cnc(C)nc1C1CCCN(S(=O)(=O)c2c(C)noc2C)C1. The Balaban J connectivity index is 1.90. The first-order valence-electron chi connectivity index (χ1n) is 9.17. The average molecular weight is 394 g/mol. The molecule has 1 fully saturated rings. The van der Waals surface area contributed by atoms with E-state index in [1.165, 1.54) is 4.31 Å². The molecule has 8 nitrogen and oxygen atoms in total. The van der Waals surface area contributed by atoms with Crippen molar-refractivity contribution in [3.8, 4) is 0 Å². The average Bonchev–Trinajstić information content (AvgIpc) is 3.00. The molecule has 27 heavy (non-hydrogen) atoms. The van der Waals surface area contributed by atoms with Crippen LogP contribution < -0.4 is 0 Å². The predicted molar refractivity (Wildman–Crippen MR) is 98.8 cm³/mol. The highest BCUT2D eigenvalue weighted by atomic mass is 32.2. The molecule has 0 aromatic carbocycles. The van der Waals surface area contributed by atoms with Gasteiger partial charge in [-0.05, 0) is 40.5 Å². The van der Waals surface area contributed by atoms with Crippen molar-refractivity contribution < 1.29 is 17.7 Å². The van der Waals surface area contributed by atoms with Gasteiger partial charge in [0.15, 0.2) is 5.76 Å². The molecule has 3 rings (SSSR count). The Labute approximate surface area is 160 Å². The van der Waals surface area contributed by atoms with Crippen LogP contribution in [0.5, 0.6) is 0 Å². The van der Waals surface area contributed by atoms with Crippen LogP contribution in [0.1, 0.15) is 54.2 Å². The van der Waals surface area contributed by atoms with Gasteiger partial charge >= 0.3 is 0 Å². The number of aromatic nitrogens is 3. The quantitative estimate of drug-likeness (QED) is 0.742. The van der Waals surface area contributed by atoms with Crippen molar-refractivity contribution in [3.63, 3.8) is 0 Å². The largest absolute Gasteiger partial charge is 0.377 e. The fourth-order valence-electron chi connectivity index (χ4n) is 3.55. The Morgan fingerprint density at radius 1 is 1.33 bits per heavy atom. The summed E-state index contributed by atoms with van der Waals surface area (Å²) in [5, 5.41) is 3.80. The van der Waals surface area contributed by atoms with Crippen molar-refractivity contribution in [1.82, 2.24) is 19.4 Å². The number of rotatable bonds is 6. The summed E-state index contributed by atoms with van der Waals surface area (Å²) in [6.45, 7) is 8.95. The maximum Gasteiger partial charge on any atom is 0.248 e. The summed E-state index contributed by atoms with van der Waals surface area (Å²) < 4.78 is 38.5. The summed E-state index contributed by atoms with van der Waals surface area (Å²) in [4.78, 5) is 9.07. The van der Waals surface area contributed by atoms with Crippen LogP contribution in [0.3, 0.4) is 0 Å². The van der Waals surface area contributed by atoms with E-state index in [2.05, 4.69) is 15.1 Å². The highest BCUT2D eigenvalue weighted by Gasteiger charge is 2.35. The van der Waals surface area contributed by atoms with Crippen LogP contribution in [0, 0.1) is 20.8 Å². The van der Waals surface area contributed by atoms with E-state index in [1.54, 1.807) is 20.0 Å². The van der Waals surface area contributed by atoms with Gasteiger partial charge in [-0.15, -0.1) is 0 Å². The maximum atomic E-state index is 13.2. The molecule has 2 aromatic rings. The first-order valence-corrected chi connectivity index (χ1v) is 10.6. The van der Waals surface area contributed by atoms with Gasteiger partial charge in [-0.3, -0.25) is 0 Å². The third-order valence-corrected chi connectivity index (χ3v) is 6.93. The molecule has 2 aromatic heterocycles. The van der Waals surface area contributed by atoms with E-state index < -0.39 is 10.0 Å². The maximum absolute atomic E-state index is 13.2. The van der Waals surface area contributed by atoms with Crippen molar-refractivity contribution in [2.24, 2.45) is 0 Å². The molecule has 1 atom stereocenters. The number of hydrogen-bond acceptors (Lipinski definition) is 7. The van der Waals surface area contributed by atoms with Crippen LogP contribution in [0.15, 0.2) is 15.6 Å². The summed E-state index contributed by atoms with van der Waals surface area (Å²) in [5.74, 6) is 1.01. The van der Waals surface area contributed by atoms with E-state index >= 15 is 0 Å². The number of hydrogen-bond donors (Lipinski definition) is 0. The van der Waals surface area contributed by atoms with E-state index in [0.29, 0.717) is 43.6 Å².